The van der Waals surface area contributed by atoms with Crippen LogP contribution < -0.4 is 10.1 Å². The molecular formula is C19H30N2O6. The average Bonchev–Trinajstić information content (AvgIpc) is 2.70. The summed E-state index contributed by atoms with van der Waals surface area (Å²) in [4.78, 5) is 26.3. The number of amides is 1. The number of rotatable bonds is 13. The van der Waals surface area contributed by atoms with Gasteiger partial charge >= 0.3 is 5.97 Å². The van der Waals surface area contributed by atoms with E-state index < -0.39 is 6.04 Å². The summed E-state index contributed by atoms with van der Waals surface area (Å²) >= 11 is 0. The van der Waals surface area contributed by atoms with Crippen molar-refractivity contribution in [3.8, 4) is 5.75 Å². The van der Waals surface area contributed by atoms with E-state index in [9.17, 15) is 9.59 Å². The Bertz CT molecular complexity index is 560. The van der Waals surface area contributed by atoms with E-state index in [4.69, 9.17) is 18.9 Å². The summed E-state index contributed by atoms with van der Waals surface area (Å²) in [6, 6.07) is 6.18. The number of carbonyl (C=O) groups is 2. The summed E-state index contributed by atoms with van der Waals surface area (Å²) in [5, 5.41) is 2.79. The molecule has 0 fully saturated rings. The van der Waals surface area contributed by atoms with E-state index in [1.54, 1.807) is 31.4 Å². The van der Waals surface area contributed by atoms with Gasteiger partial charge in [0.05, 0.1) is 20.3 Å². The van der Waals surface area contributed by atoms with E-state index in [1.165, 1.54) is 7.11 Å². The molecule has 0 aromatic heterocycles. The molecule has 1 amide bonds. The van der Waals surface area contributed by atoms with Crippen molar-refractivity contribution >= 4 is 11.9 Å². The quantitative estimate of drug-likeness (QED) is 0.313. The van der Waals surface area contributed by atoms with Crippen molar-refractivity contribution < 1.29 is 28.5 Å². The van der Waals surface area contributed by atoms with Crippen molar-refractivity contribution in [2.75, 3.05) is 53.9 Å². The second-order valence-electron chi connectivity index (χ2n) is 5.66. The predicted octanol–water partition coefficient (Wildman–Crippen LogP) is 1.30. The molecular weight excluding hydrogens is 352 g/mol. The maximum atomic E-state index is 12.3. The average molecular weight is 382 g/mol. The van der Waals surface area contributed by atoms with Gasteiger partial charge in [0.15, 0.2) is 6.79 Å². The predicted molar refractivity (Wildman–Crippen MR) is 101 cm³/mol. The SMILES string of the molecule is CCN(CC)[C@@H](CNC(=O)c1ccc(OCOCCOC)cc1)C(=O)OC. The van der Waals surface area contributed by atoms with Crippen LogP contribution in [0.1, 0.15) is 24.2 Å². The van der Waals surface area contributed by atoms with Crippen LogP contribution in [-0.4, -0.2) is 76.7 Å². The van der Waals surface area contributed by atoms with Gasteiger partial charge < -0.3 is 24.3 Å². The normalized spacial score (nSPS) is 11.9. The zero-order valence-electron chi connectivity index (χ0n) is 16.5. The smallest absolute Gasteiger partial charge is 0.324 e. The molecule has 0 radical (unpaired) electrons. The van der Waals surface area contributed by atoms with E-state index in [-0.39, 0.29) is 25.2 Å². The lowest BCUT2D eigenvalue weighted by Crippen LogP contribution is -2.49. The minimum absolute atomic E-state index is 0.111. The molecule has 0 saturated heterocycles. The highest BCUT2D eigenvalue weighted by atomic mass is 16.7. The van der Waals surface area contributed by atoms with Gasteiger partial charge in [-0.1, -0.05) is 13.8 Å². The molecule has 1 atom stereocenters. The Morgan fingerprint density at radius 1 is 1.07 bits per heavy atom. The second-order valence-corrected chi connectivity index (χ2v) is 5.66. The first-order valence-electron chi connectivity index (χ1n) is 8.96. The Balaban J connectivity index is 2.54. The van der Waals surface area contributed by atoms with Gasteiger partial charge in [-0.3, -0.25) is 14.5 Å². The van der Waals surface area contributed by atoms with Gasteiger partial charge in [0.2, 0.25) is 0 Å². The number of hydrogen-bond donors (Lipinski definition) is 1. The number of nitrogens with one attached hydrogen (secondary N) is 1. The fourth-order valence-electron chi connectivity index (χ4n) is 2.47. The molecule has 0 spiro atoms. The lowest BCUT2D eigenvalue weighted by atomic mass is 10.2. The van der Waals surface area contributed by atoms with Crippen molar-refractivity contribution in [3.05, 3.63) is 29.8 Å². The van der Waals surface area contributed by atoms with Gasteiger partial charge in [-0.25, -0.2) is 0 Å². The van der Waals surface area contributed by atoms with Crippen molar-refractivity contribution in [2.45, 2.75) is 19.9 Å². The minimum Gasteiger partial charge on any atom is -0.468 e. The number of esters is 1. The standard InChI is InChI=1S/C19H30N2O6/c1-5-21(6-2)17(19(23)25-4)13-20-18(22)15-7-9-16(10-8-15)27-14-26-12-11-24-3/h7-10,17H,5-6,11-14H2,1-4H3,(H,20,22)/t17-/m0/s1. The summed E-state index contributed by atoms with van der Waals surface area (Å²) in [5.41, 5.74) is 0.478. The fourth-order valence-corrected chi connectivity index (χ4v) is 2.47. The van der Waals surface area contributed by atoms with Crippen LogP contribution in [0.2, 0.25) is 0 Å². The number of benzene rings is 1. The number of methoxy groups -OCH3 is 2. The van der Waals surface area contributed by atoms with E-state index in [0.29, 0.717) is 37.6 Å². The Morgan fingerprint density at radius 2 is 1.74 bits per heavy atom. The molecule has 1 aromatic rings. The molecule has 0 heterocycles. The Labute approximate surface area is 160 Å². The van der Waals surface area contributed by atoms with Crippen LogP contribution in [0.15, 0.2) is 24.3 Å². The van der Waals surface area contributed by atoms with E-state index in [1.807, 2.05) is 18.7 Å². The highest BCUT2D eigenvalue weighted by Gasteiger charge is 2.25. The molecule has 1 rings (SSSR count). The van der Waals surface area contributed by atoms with Crippen molar-refractivity contribution in [1.82, 2.24) is 10.2 Å². The first kappa shape index (κ1) is 22.9. The summed E-state index contributed by atoms with van der Waals surface area (Å²) in [5.74, 6) is -0.0327. The number of carbonyl (C=O) groups excluding carboxylic acids is 2. The maximum absolute atomic E-state index is 12.3. The lowest BCUT2D eigenvalue weighted by Gasteiger charge is -2.27. The Hall–Kier alpha value is -2.16. The van der Waals surface area contributed by atoms with Crippen molar-refractivity contribution in [1.29, 1.82) is 0 Å². The number of hydrogen-bond acceptors (Lipinski definition) is 7. The van der Waals surface area contributed by atoms with E-state index >= 15 is 0 Å². The van der Waals surface area contributed by atoms with Crippen LogP contribution >= 0.6 is 0 Å². The summed E-state index contributed by atoms with van der Waals surface area (Å²) < 4.78 is 20.4. The van der Waals surface area contributed by atoms with Crippen LogP contribution in [-0.2, 0) is 19.0 Å². The first-order valence-corrected chi connectivity index (χ1v) is 8.96. The largest absolute Gasteiger partial charge is 0.468 e. The third-order valence-corrected chi connectivity index (χ3v) is 4.04. The molecule has 152 valence electrons. The van der Waals surface area contributed by atoms with Gasteiger partial charge in [0, 0.05) is 19.2 Å². The third-order valence-electron chi connectivity index (χ3n) is 4.04. The number of likely N-dealkylation sites (N-methyl/N-ethyl adjacent to an activating group) is 1. The van der Waals surface area contributed by atoms with E-state index in [0.717, 1.165) is 0 Å². The molecule has 0 aliphatic heterocycles. The highest BCUT2D eigenvalue weighted by molar-refractivity contribution is 5.94. The zero-order chi connectivity index (χ0) is 20.1. The molecule has 0 unspecified atom stereocenters. The maximum Gasteiger partial charge on any atom is 0.324 e. The topological polar surface area (TPSA) is 86.3 Å². The number of nitrogens with zero attached hydrogens (tertiary/aromatic N) is 1. The van der Waals surface area contributed by atoms with E-state index in [2.05, 4.69) is 5.32 Å². The molecule has 8 nitrogen and oxygen atoms in total. The summed E-state index contributed by atoms with van der Waals surface area (Å²) in [6.45, 7) is 6.53. The van der Waals surface area contributed by atoms with Crippen molar-refractivity contribution in [2.24, 2.45) is 0 Å². The second kappa shape index (κ2) is 13.1. The molecule has 0 bridgehead atoms. The fraction of sp³-hybridized carbons (Fsp3) is 0.579. The minimum atomic E-state index is -0.513. The molecule has 27 heavy (non-hydrogen) atoms. The van der Waals surface area contributed by atoms with Gasteiger partial charge in [-0.15, -0.1) is 0 Å². The summed E-state index contributed by atoms with van der Waals surface area (Å²) in [7, 11) is 2.95. The Morgan fingerprint density at radius 3 is 2.30 bits per heavy atom. The monoisotopic (exact) mass is 382 g/mol. The van der Waals surface area contributed by atoms with Crippen LogP contribution in [0.4, 0.5) is 0 Å². The van der Waals surface area contributed by atoms with Gasteiger partial charge in [0.1, 0.15) is 11.8 Å². The highest BCUT2D eigenvalue weighted by Crippen LogP contribution is 2.12. The molecule has 0 aliphatic rings. The molecule has 0 saturated carbocycles. The van der Waals surface area contributed by atoms with Gasteiger partial charge in [-0.05, 0) is 37.4 Å². The van der Waals surface area contributed by atoms with Gasteiger partial charge in [0.25, 0.3) is 5.91 Å². The zero-order valence-corrected chi connectivity index (χ0v) is 16.5. The van der Waals surface area contributed by atoms with Crippen LogP contribution in [0.25, 0.3) is 0 Å². The molecule has 8 heteroatoms. The molecule has 1 N–H and O–H groups in total. The van der Waals surface area contributed by atoms with Crippen LogP contribution in [0.5, 0.6) is 5.75 Å². The molecule has 1 aromatic carbocycles. The van der Waals surface area contributed by atoms with Crippen LogP contribution in [0, 0.1) is 0 Å². The molecule has 0 aliphatic carbocycles. The van der Waals surface area contributed by atoms with Gasteiger partial charge in [-0.2, -0.15) is 0 Å². The van der Waals surface area contributed by atoms with Crippen LogP contribution in [0.3, 0.4) is 0 Å². The number of ether oxygens (including phenoxy) is 4. The first-order chi connectivity index (χ1) is 13.1. The Kier molecular flexibility index (Phi) is 11.1. The van der Waals surface area contributed by atoms with Crippen molar-refractivity contribution in [3.63, 3.8) is 0 Å². The third kappa shape index (κ3) is 7.94. The lowest BCUT2D eigenvalue weighted by molar-refractivity contribution is -0.146. The summed E-state index contributed by atoms with van der Waals surface area (Å²) in [6.07, 6.45) is 0.